The second-order valence-electron chi connectivity index (χ2n) is 5.73. The molecule has 1 aliphatic rings. The van der Waals surface area contributed by atoms with Gasteiger partial charge in [-0.1, -0.05) is 19.9 Å². The topological polar surface area (TPSA) is 45.0 Å². The maximum Gasteiger partial charge on any atom is 0.136 e. The third-order valence-corrected chi connectivity index (χ3v) is 3.65. The highest BCUT2D eigenvalue weighted by molar-refractivity contribution is 5.47. The molecule has 0 spiro atoms. The van der Waals surface area contributed by atoms with Crippen LogP contribution in [0.15, 0.2) is 18.2 Å². The van der Waals surface area contributed by atoms with Crippen molar-refractivity contribution in [3.63, 3.8) is 0 Å². The van der Waals surface area contributed by atoms with E-state index in [1.54, 1.807) is 7.11 Å². The fourth-order valence-electron chi connectivity index (χ4n) is 2.48. The molecule has 3 heteroatoms. The summed E-state index contributed by atoms with van der Waals surface area (Å²) in [7, 11) is 1.60. The molecule has 0 aromatic heterocycles. The molecule has 2 rings (SSSR count). The number of nitriles is 1. The Morgan fingerprint density at radius 3 is 2.89 bits per heavy atom. The van der Waals surface area contributed by atoms with Crippen LogP contribution in [0.3, 0.4) is 0 Å². The fourth-order valence-corrected chi connectivity index (χ4v) is 2.48. The van der Waals surface area contributed by atoms with Gasteiger partial charge in [0.05, 0.1) is 12.7 Å². The fraction of sp³-hybridized carbons (Fsp3) is 0.562. The smallest absolute Gasteiger partial charge is 0.136 e. The van der Waals surface area contributed by atoms with Crippen molar-refractivity contribution in [2.75, 3.05) is 20.2 Å². The third-order valence-electron chi connectivity index (χ3n) is 3.65. The van der Waals surface area contributed by atoms with Gasteiger partial charge in [0.15, 0.2) is 0 Å². The average Bonchev–Trinajstić information content (AvgIpc) is 3.17. The molecule has 0 heterocycles. The van der Waals surface area contributed by atoms with Crippen molar-refractivity contribution in [1.29, 1.82) is 5.26 Å². The Balaban J connectivity index is 1.92. The highest BCUT2D eigenvalue weighted by Crippen LogP contribution is 2.47. The van der Waals surface area contributed by atoms with Crippen LogP contribution in [0.2, 0.25) is 0 Å². The number of nitrogens with one attached hydrogen (secondary N) is 1. The number of hydrogen-bond acceptors (Lipinski definition) is 3. The van der Waals surface area contributed by atoms with Crippen molar-refractivity contribution < 1.29 is 4.74 Å². The van der Waals surface area contributed by atoms with Gasteiger partial charge >= 0.3 is 0 Å². The van der Waals surface area contributed by atoms with Crippen LogP contribution in [-0.4, -0.2) is 20.2 Å². The zero-order valence-corrected chi connectivity index (χ0v) is 11.9. The van der Waals surface area contributed by atoms with E-state index < -0.39 is 0 Å². The number of hydrogen-bond donors (Lipinski definition) is 1. The Morgan fingerprint density at radius 2 is 2.26 bits per heavy atom. The number of methoxy groups -OCH3 is 1. The van der Waals surface area contributed by atoms with Gasteiger partial charge in [-0.15, -0.1) is 0 Å². The molecule has 1 aromatic carbocycles. The molecule has 1 aliphatic carbocycles. The van der Waals surface area contributed by atoms with E-state index in [0.29, 0.717) is 23.1 Å². The van der Waals surface area contributed by atoms with Crippen molar-refractivity contribution in [2.45, 2.75) is 26.2 Å². The first-order valence-electron chi connectivity index (χ1n) is 6.94. The summed E-state index contributed by atoms with van der Waals surface area (Å²) in [4.78, 5) is 0. The second-order valence-corrected chi connectivity index (χ2v) is 5.73. The minimum atomic E-state index is 0.609. The number of rotatable bonds is 6. The standard InChI is InChI=1S/C16H22N2O/c1-11(2)9-18-10-14-7-15(14)12-4-5-16(19-3)13(6-12)8-17/h4-6,11,14-15,18H,7,9-10H2,1-3H3. The SMILES string of the molecule is COc1ccc(C2CC2CNCC(C)C)cc1C#N. The molecule has 1 fully saturated rings. The maximum absolute atomic E-state index is 9.10. The molecule has 2 unspecified atom stereocenters. The van der Waals surface area contributed by atoms with Crippen LogP contribution < -0.4 is 10.1 Å². The van der Waals surface area contributed by atoms with Gasteiger partial charge in [0.25, 0.3) is 0 Å². The molecule has 1 saturated carbocycles. The summed E-state index contributed by atoms with van der Waals surface area (Å²) in [6.07, 6.45) is 1.22. The van der Waals surface area contributed by atoms with Crippen molar-refractivity contribution in [3.05, 3.63) is 29.3 Å². The van der Waals surface area contributed by atoms with Crippen LogP contribution in [0.1, 0.15) is 37.3 Å². The van der Waals surface area contributed by atoms with Crippen molar-refractivity contribution in [1.82, 2.24) is 5.32 Å². The summed E-state index contributed by atoms with van der Waals surface area (Å²) >= 11 is 0. The summed E-state index contributed by atoms with van der Waals surface area (Å²) in [5.74, 6) is 2.70. The number of nitrogens with zero attached hydrogens (tertiary/aromatic N) is 1. The van der Waals surface area contributed by atoms with Crippen LogP contribution in [0.25, 0.3) is 0 Å². The molecule has 102 valence electrons. The van der Waals surface area contributed by atoms with E-state index in [1.807, 2.05) is 12.1 Å². The Kier molecular flexibility index (Phi) is 4.44. The van der Waals surface area contributed by atoms with Crippen molar-refractivity contribution >= 4 is 0 Å². The van der Waals surface area contributed by atoms with Gasteiger partial charge in [-0.25, -0.2) is 0 Å². The van der Waals surface area contributed by atoms with Gasteiger partial charge in [-0.05, 0) is 55.0 Å². The molecule has 0 aliphatic heterocycles. The molecule has 0 radical (unpaired) electrons. The Hall–Kier alpha value is -1.53. The lowest BCUT2D eigenvalue weighted by Gasteiger charge is -2.08. The van der Waals surface area contributed by atoms with Crippen molar-refractivity contribution in [2.24, 2.45) is 11.8 Å². The van der Waals surface area contributed by atoms with Crippen LogP contribution >= 0.6 is 0 Å². The van der Waals surface area contributed by atoms with Crippen LogP contribution in [0, 0.1) is 23.2 Å². The van der Waals surface area contributed by atoms with Gasteiger partial charge in [-0.3, -0.25) is 0 Å². The quantitative estimate of drug-likeness (QED) is 0.853. The zero-order chi connectivity index (χ0) is 13.8. The molecule has 2 atom stereocenters. The minimum absolute atomic E-state index is 0.609. The summed E-state index contributed by atoms with van der Waals surface area (Å²) in [6, 6.07) is 8.18. The van der Waals surface area contributed by atoms with E-state index in [4.69, 9.17) is 10.00 Å². The summed E-state index contributed by atoms with van der Waals surface area (Å²) in [6.45, 7) is 6.60. The van der Waals surface area contributed by atoms with E-state index >= 15 is 0 Å². The van der Waals surface area contributed by atoms with E-state index in [2.05, 4.69) is 31.3 Å². The monoisotopic (exact) mass is 258 g/mol. The third kappa shape index (κ3) is 3.48. The lowest BCUT2D eigenvalue weighted by Crippen LogP contribution is -2.22. The minimum Gasteiger partial charge on any atom is -0.495 e. The molecular weight excluding hydrogens is 236 g/mol. The van der Waals surface area contributed by atoms with E-state index in [9.17, 15) is 0 Å². The Labute approximate surface area is 115 Å². The lowest BCUT2D eigenvalue weighted by atomic mass is 10.1. The molecule has 0 amide bonds. The van der Waals surface area contributed by atoms with E-state index in [1.165, 1.54) is 12.0 Å². The average molecular weight is 258 g/mol. The summed E-state index contributed by atoms with van der Waals surface area (Å²) < 4.78 is 5.17. The van der Waals surface area contributed by atoms with Crippen LogP contribution in [0.4, 0.5) is 0 Å². The summed E-state index contributed by atoms with van der Waals surface area (Å²) in [5.41, 5.74) is 1.91. The molecule has 1 aromatic rings. The first-order chi connectivity index (χ1) is 9.15. The Bertz CT molecular complexity index is 476. The van der Waals surface area contributed by atoms with E-state index in [-0.39, 0.29) is 0 Å². The van der Waals surface area contributed by atoms with E-state index in [0.717, 1.165) is 19.0 Å². The predicted molar refractivity (Wildman–Crippen MR) is 76.3 cm³/mol. The van der Waals surface area contributed by atoms with Gasteiger partial charge in [0.2, 0.25) is 0 Å². The van der Waals surface area contributed by atoms with Crippen LogP contribution in [-0.2, 0) is 0 Å². The normalized spacial score (nSPS) is 21.2. The maximum atomic E-state index is 9.10. The molecule has 3 nitrogen and oxygen atoms in total. The van der Waals surface area contributed by atoms with Gasteiger partial charge in [0.1, 0.15) is 11.8 Å². The first-order valence-corrected chi connectivity index (χ1v) is 6.94. The second kappa shape index (κ2) is 6.08. The molecule has 0 saturated heterocycles. The predicted octanol–water partition coefficient (Wildman–Crippen LogP) is 2.92. The highest BCUT2D eigenvalue weighted by atomic mass is 16.5. The molecule has 19 heavy (non-hydrogen) atoms. The first kappa shape index (κ1) is 13.9. The van der Waals surface area contributed by atoms with Gasteiger partial charge < -0.3 is 10.1 Å². The Morgan fingerprint density at radius 1 is 1.47 bits per heavy atom. The highest BCUT2D eigenvalue weighted by Gasteiger charge is 2.37. The number of benzene rings is 1. The van der Waals surface area contributed by atoms with Gasteiger partial charge in [-0.2, -0.15) is 5.26 Å². The number of ether oxygens (including phenoxy) is 1. The molecule has 0 bridgehead atoms. The van der Waals surface area contributed by atoms with Gasteiger partial charge in [0, 0.05) is 0 Å². The lowest BCUT2D eigenvalue weighted by molar-refractivity contribution is 0.413. The largest absolute Gasteiger partial charge is 0.495 e. The van der Waals surface area contributed by atoms with Crippen molar-refractivity contribution in [3.8, 4) is 11.8 Å². The molecular formula is C16H22N2O. The van der Waals surface area contributed by atoms with Crippen LogP contribution in [0.5, 0.6) is 5.75 Å². The summed E-state index contributed by atoms with van der Waals surface area (Å²) in [5, 5.41) is 12.6. The molecule has 1 N–H and O–H groups in total. The zero-order valence-electron chi connectivity index (χ0n) is 11.9.